The van der Waals surface area contributed by atoms with Crippen molar-refractivity contribution in [2.45, 2.75) is 27.7 Å². The molecule has 0 unspecified atom stereocenters. The second-order valence-electron chi connectivity index (χ2n) is 5.64. The average Bonchev–Trinajstić information content (AvgIpc) is 3.11. The van der Waals surface area contributed by atoms with Gasteiger partial charge in [0.2, 0.25) is 0 Å². The van der Waals surface area contributed by atoms with Crippen LogP contribution in [-0.2, 0) is 4.74 Å². The van der Waals surface area contributed by atoms with Gasteiger partial charge >= 0.3 is 5.97 Å². The monoisotopic (exact) mass is 357 g/mol. The van der Waals surface area contributed by atoms with E-state index in [0.717, 1.165) is 15.6 Å². The summed E-state index contributed by atoms with van der Waals surface area (Å²) in [5.41, 5.74) is 4.37. The largest absolute Gasteiger partial charge is 0.462 e. The Morgan fingerprint density at radius 2 is 1.83 bits per heavy atom. The number of aryl methyl sites for hydroxylation is 3. The molecule has 0 spiro atoms. The summed E-state index contributed by atoms with van der Waals surface area (Å²) >= 11 is 3.13. The van der Waals surface area contributed by atoms with Crippen molar-refractivity contribution >= 4 is 28.6 Å². The number of rotatable bonds is 4. The fourth-order valence-corrected chi connectivity index (χ4v) is 4.71. The van der Waals surface area contributed by atoms with Gasteiger partial charge < -0.3 is 4.74 Å². The van der Waals surface area contributed by atoms with Crippen LogP contribution >= 0.6 is 22.7 Å². The second kappa shape index (κ2) is 6.87. The van der Waals surface area contributed by atoms with Gasteiger partial charge in [-0.25, -0.2) is 9.78 Å². The summed E-state index contributed by atoms with van der Waals surface area (Å²) in [4.78, 5) is 19.5. The number of carbonyl (C=O) groups is 1. The highest BCUT2D eigenvalue weighted by Gasteiger charge is 2.19. The Balaban J connectivity index is 1.97. The molecule has 0 aliphatic rings. The molecule has 0 atom stereocenters. The molecular formula is C19H19NO2S2. The molecule has 2 aromatic heterocycles. The van der Waals surface area contributed by atoms with Crippen LogP contribution in [-0.4, -0.2) is 17.6 Å². The van der Waals surface area contributed by atoms with E-state index in [9.17, 15) is 4.79 Å². The van der Waals surface area contributed by atoms with E-state index in [4.69, 9.17) is 4.74 Å². The lowest BCUT2D eigenvalue weighted by atomic mass is 10.1. The summed E-state index contributed by atoms with van der Waals surface area (Å²) in [5, 5.41) is 0.886. The molecule has 24 heavy (non-hydrogen) atoms. The number of thiazole rings is 1. The second-order valence-corrected chi connectivity index (χ2v) is 7.69. The number of aromatic nitrogens is 1. The highest BCUT2D eigenvalue weighted by molar-refractivity contribution is 7.24. The van der Waals surface area contributed by atoms with Crippen molar-refractivity contribution in [2.24, 2.45) is 0 Å². The van der Waals surface area contributed by atoms with Gasteiger partial charge in [0.1, 0.15) is 9.88 Å². The van der Waals surface area contributed by atoms with Gasteiger partial charge in [0.25, 0.3) is 0 Å². The molecule has 0 saturated carbocycles. The van der Waals surface area contributed by atoms with E-state index >= 15 is 0 Å². The zero-order valence-corrected chi connectivity index (χ0v) is 15.8. The molecule has 3 rings (SSSR count). The maximum absolute atomic E-state index is 12.0. The molecule has 0 radical (unpaired) electrons. The van der Waals surface area contributed by atoms with Crippen molar-refractivity contribution in [3.63, 3.8) is 0 Å². The number of ether oxygens (including phenoxy) is 1. The molecule has 0 saturated heterocycles. The molecule has 0 fully saturated rings. The summed E-state index contributed by atoms with van der Waals surface area (Å²) in [6, 6.07) is 10.7. The first-order valence-corrected chi connectivity index (χ1v) is 9.45. The first-order chi connectivity index (χ1) is 11.5. The van der Waals surface area contributed by atoms with Crippen LogP contribution < -0.4 is 0 Å². The van der Waals surface area contributed by atoms with E-state index in [1.807, 2.05) is 13.8 Å². The van der Waals surface area contributed by atoms with E-state index in [1.165, 1.54) is 32.9 Å². The molecular weight excluding hydrogens is 338 g/mol. The first-order valence-electron chi connectivity index (χ1n) is 7.82. The quantitative estimate of drug-likeness (QED) is 0.567. The molecule has 124 valence electrons. The number of benzene rings is 1. The Bertz CT molecular complexity index is 875. The van der Waals surface area contributed by atoms with Gasteiger partial charge in [0, 0.05) is 4.88 Å². The molecule has 0 aliphatic heterocycles. The van der Waals surface area contributed by atoms with Crippen LogP contribution in [0.5, 0.6) is 0 Å². The Morgan fingerprint density at radius 1 is 1.12 bits per heavy atom. The number of esters is 1. The molecule has 0 bridgehead atoms. The summed E-state index contributed by atoms with van der Waals surface area (Å²) in [6.07, 6.45) is 0. The number of nitrogens with zero attached hydrogens (tertiary/aromatic N) is 1. The summed E-state index contributed by atoms with van der Waals surface area (Å²) in [7, 11) is 0. The fraction of sp³-hybridized carbons (Fsp3) is 0.263. The van der Waals surface area contributed by atoms with E-state index in [0.29, 0.717) is 11.5 Å². The maximum atomic E-state index is 12.0. The lowest BCUT2D eigenvalue weighted by Gasteiger charge is -1.97. The van der Waals surface area contributed by atoms with Crippen molar-refractivity contribution < 1.29 is 9.53 Å². The minimum absolute atomic E-state index is 0.285. The minimum Gasteiger partial charge on any atom is -0.462 e. The minimum atomic E-state index is -0.285. The Hall–Kier alpha value is -1.98. The average molecular weight is 358 g/mol. The molecule has 3 nitrogen and oxygen atoms in total. The zero-order valence-electron chi connectivity index (χ0n) is 14.2. The number of hydrogen-bond acceptors (Lipinski definition) is 5. The molecule has 2 heterocycles. The third-order valence-corrected chi connectivity index (χ3v) is 6.28. The van der Waals surface area contributed by atoms with Gasteiger partial charge in [0.15, 0.2) is 0 Å². The van der Waals surface area contributed by atoms with Crippen molar-refractivity contribution in [3.8, 4) is 20.3 Å². The third kappa shape index (κ3) is 3.28. The lowest BCUT2D eigenvalue weighted by molar-refractivity contribution is 0.0531. The van der Waals surface area contributed by atoms with E-state index in [1.54, 1.807) is 11.3 Å². The zero-order chi connectivity index (χ0) is 17.3. The number of thiophene rings is 1. The predicted octanol–water partition coefficient (Wildman–Crippen LogP) is 5.64. The van der Waals surface area contributed by atoms with Crippen LogP contribution in [0, 0.1) is 20.8 Å². The third-order valence-electron chi connectivity index (χ3n) is 3.71. The summed E-state index contributed by atoms with van der Waals surface area (Å²) in [5.74, 6) is -0.285. The van der Waals surface area contributed by atoms with Crippen molar-refractivity contribution in [3.05, 3.63) is 52.0 Å². The molecule has 5 heteroatoms. The number of carbonyl (C=O) groups excluding carboxylic acids is 1. The van der Waals surface area contributed by atoms with Gasteiger partial charge in [0.05, 0.1) is 17.2 Å². The van der Waals surface area contributed by atoms with Crippen molar-refractivity contribution in [1.29, 1.82) is 0 Å². The van der Waals surface area contributed by atoms with Gasteiger partial charge in [-0.05, 0) is 44.9 Å². The van der Waals surface area contributed by atoms with Gasteiger partial charge in [-0.2, -0.15) is 0 Å². The van der Waals surface area contributed by atoms with Crippen molar-refractivity contribution in [2.75, 3.05) is 6.61 Å². The van der Waals surface area contributed by atoms with Crippen molar-refractivity contribution in [1.82, 2.24) is 4.98 Å². The Kier molecular flexibility index (Phi) is 4.83. The maximum Gasteiger partial charge on any atom is 0.350 e. The standard InChI is InChI=1S/C19H19NO2S2/c1-5-22-19(21)17-13(4)20-18(24-17)16-12(3)10-15(23-16)14-8-6-11(2)7-9-14/h6-10H,5H2,1-4H3. The topological polar surface area (TPSA) is 39.2 Å². The summed E-state index contributed by atoms with van der Waals surface area (Å²) < 4.78 is 5.11. The Morgan fingerprint density at radius 3 is 2.50 bits per heavy atom. The van der Waals surface area contributed by atoms with Gasteiger partial charge in [-0.1, -0.05) is 29.8 Å². The predicted molar refractivity (Wildman–Crippen MR) is 101 cm³/mol. The number of hydrogen-bond donors (Lipinski definition) is 0. The van der Waals surface area contributed by atoms with Crippen LogP contribution in [0.4, 0.5) is 0 Å². The Labute approximate surface area is 150 Å². The SMILES string of the molecule is CCOC(=O)c1sc(-c2sc(-c3ccc(C)cc3)cc2C)nc1C. The highest BCUT2D eigenvalue weighted by atomic mass is 32.1. The van der Waals surface area contributed by atoms with Crippen LogP contribution in [0.3, 0.4) is 0 Å². The summed E-state index contributed by atoms with van der Waals surface area (Å²) in [6.45, 7) is 8.22. The van der Waals surface area contributed by atoms with E-state index in [2.05, 4.69) is 49.2 Å². The normalized spacial score (nSPS) is 10.8. The molecule has 0 N–H and O–H groups in total. The van der Waals surface area contributed by atoms with Crippen LogP contribution in [0.2, 0.25) is 0 Å². The first kappa shape index (κ1) is 16.9. The highest BCUT2D eigenvalue weighted by Crippen LogP contribution is 2.40. The van der Waals surface area contributed by atoms with Gasteiger partial charge in [-0.3, -0.25) is 0 Å². The van der Waals surface area contributed by atoms with E-state index < -0.39 is 0 Å². The molecule has 0 aliphatic carbocycles. The lowest BCUT2D eigenvalue weighted by Crippen LogP contribution is -2.03. The van der Waals surface area contributed by atoms with Crippen LogP contribution in [0.25, 0.3) is 20.3 Å². The van der Waals surface area contributed by atoms with Gasteiger partial charge in [-0.15, -0.1) is 22.7 Å². The fourth-order valence-electron chi connectivity index (χ4n) is 2.43. The molecule has 1 aromatic carbocycles. The molecule has 0 amide bonds. The smallest absolute Gasteiger partial charge is 0.350 e. The molecule has 3 aromatic rings. The van der Waals surface area contributed by atoms with Crippen LogP contribution in [0.15, 0.2) is 30.3 Å². The van der Waals surface area contributed by atoms with Crippen LogP contribution in [0.1, 0.15) is 33.4 Å². The van der Waals surface area contributed by atoms with E-state index in [-0.39, 0.29) is 5.97 Å².